The van der Waals surface area contributed by atoms with E-state index in [0.717, 1.165) is 33.9 Å². The van der Waals surface area contributed by atoms with Crippen LogP contribution in [0, 0.1) is 0 Å². The maximum Gasteiger partial charge on any atom is 0.338 e. The lowest BCUT2D eigenvalue weighted by molar-refractivity contribution is 0.0603. The van der Waals surface area contributed by atoms with Crippen LogP contribution in [0.4, 0.5) is 0 Å². The topological polar surface area (TPSA) is 39.2 Å². The Hall–Kier alpha value is -1.42. The summed E-state index contributed by atoms with van der Waals surface area (Å²) in [5.41, 5.74) is 2.46. The molecule has 1 aromatic carbocycles. The predicted molar refractivity (Wildman–Crippen MR) is 72.8 cm³/mol. The standard InChI is InChI=1S/C14H12BrNO2/c1-18-14(17)11-7-13(8-2-3-8)16-12-5-4-9(15)6-10(11)12/h4-8H,2-3H2,1H3. The highest BCUT2D eigenvalue weighted by Crippen LogP contribution is 2.40. The summed E-state index contributed by atoms with van der Waals surface area (Å²) in [7, 11) is 1.41. The molecular weight excluding hydrogens is 294 g/mol. The number of carbonyl (C=O) groups is 1. The number of benzene rings is 1. The van der Waals surface area contributed by atoms with Crippen LogP contribution in [0.25, 0.3) is 10.9 Å². The molecule has 1 fully saturated rings. The van der Waals surface area contributed by atoms with Crippen molar-refractivity contribution in [2.45, 2.75) is 18.8 Å². The Morgan fingerprint density at radius 1 is 1.39 bits per heavy atom. The number of ether oxygens (including phenoxy) is 1. The first-order valence-electron chi connectivity index (χ1n) is 5.87. The number of fused-ring (bicyclic) bond motifs is 1. The lowest BCUT2D eigenvalue weighted by atomic mass is 10.1. The Balaban J connectivity index is 2.26. The average Bonchev–Trinajstić information content (AvgIpc) is 3.21. The first-order chi connectivity index (χ1) is 8.69. The van der Waals surface area contributed by atoms with Gasteiger partial charge in [-0.05, 0) is 37.1 Å². The zero-order valence-electron chi connectivity index (χ0n) is 9.94. The van der Waals surface area contributed by atoms with E-state index in [1.165, 1.54) is 7.11 Å². The van der Waals surface area contributed by atoms with E-state index in [0.29, 0.717) is 11.5 Å². The van der Waals surface area contributed by atoms with Gasteiger partial charge in [0.25, 0.3) is 0 Å². The van der Waals surface area contributed by atoms with Crippen molar-refractivity contribution >= 4 is 32.8 Å². The van der Waals surface area contributed by atoms with Gasteiger partial charge in [0.1, 0.15) is 0 Å². The highest BCUT2D eigenvalue weighted by Gasteiger charge is 2.27. The number of nitrogens with zero attached hydrogens (tertiary/aromatic N) is 1. The molecular formula is C14H12BrNO2. The SMILES string of the molecule is COC(=O)c1cc(C2CC2)nc2ccc(Br)cc12. The molecule has 3 rings (SSSR count). The van der Waals surface area contributed by atoms with E-state index in [-0.39, 0.29) is 5.97 Å². The van der Waals surface area contributed by atoms with E-state index in [1.54, 1.807) is 0 Å². The van der Waals surface area contributed by atoms with Crippen LogP contribution >= 0.6 is 15.9 Å². The molecule has 18 heavy (non-hydrogen) atoms. The zero-order chi connectivity index (χ0) is 12.7. The van der Waals surface area contributed by atoms with Crippen LogP contribution in [0.1, 0.15) is 34.8 Å². The Labute approximate surface area is 113 Å². The summed E-state index contributed by atoms with van der Waals surface area (Å²) in [5, 5.41) is 0.834. The van der Waals surface area contributed by atoms with Crippen LogP contribution in [0.2, 0.25) is 0 Å². The molecule has 0 aliphatic heterocycles. The Morgan fingerprint density at radius 2 is 2.17 bits per heavy atom. The number of pyridine rings is 1. The number of esters is 1. The van der Waals surface area contributed by atoms with Crippen LogP contribution in [0.3, 0.4) is 0 Å². The molecule has 2 aromatic rings. The summed E-state index contributed by atoms with van der Waals surface area (Å²) in [5.74, 6) is 0.212. The van der Waals surface area contributed by atoms with Crippen molar-refractivity contribution in [3.63, 3.8) is 0 Å². The number of hydrogen-bond acceptors (Lipinski definition) is 3. The van der Waals surface area contributed by atoms with Gasteiger partial charge in [-0.15, -0.1) is 0 Å². The summed E-state index contributed by atoms with van der Waals surface area (Å²) < 4.78 is 5.79. The van der Waals surface area contributed by atoms with Crippen LogP contribution in [0.15, 0.2) is 28.7 Å². The fourth-order valence-corrected chi connectivity index (χ4v) is 2.45. The van der Waals surface area contributed by atoms with Gasteiger partial charge in [0.15, 0.2) is 0 Å². The molecule has 0 amide bonds. The van der Waals surface area contributed by atoms with Gasteiger partial charge in [-0.3, -0.25) is 4.98 Å². The maximum absolute atomic E-state index is 11.9. The van der Waals surface area contributed by atoms with Crippen LogP contribution in [0.5, 0.6) is 0 Å². The molecule has 1 aliphatic rings. The molecule has 1 heterocycles. The number of aromatic nitrogens is 1. The largest absolute Gasteiger partial charge is 0.465 e. The Morgan fingerprint density at radius 3 is 2.83 bits per heavy atom. The highest BCUT2D eigenvalue weighted by molar-refractivity contribution is 9.10. The average molecular weight is 306 g/mol. The smallest absolute Gasteiger partial charge is 0.338 e. The molecule has 0 N–H and O–H groups in total. The second-order valence-electron chi connectivity index (χ2n) is 4.52. The first-order valence-corrected chi connectivity index (χ1v) is 6.67. The van der Waals surface area contributed by atoms with Gasteiger partial charge in [-0.2, -0.15) is 0 Å². The summed E-state index contributed by atoms with van der Waals surface area (Å²) >= 11 is 3.42. The molecule has 3 nitrogen and oxygen atoms in total. The molecule has 1 aromatic heterocycles. The third-order valence-electron chi connectivity index (χ3n) is 3.19. The van der Waals surface area contributed by atoms with Gasteiger partial charge < -0.3 is 4.74 Å². The van der Waals surface area contributed by atoms with Crippen molar-refractivity contribution in [1.29, 1.82) is 0 Å². The monoisotopic (exact) mass is 305 g/mol. The minimum Gasteiger partial charge on any atom is -0.465 e. The third kappa shape index (κ3) is 2.01. The number of rotatable bonds is 2. The minimum absolute atomic E-state index is 0.303. The van der Waals surface area contributed by atoms with Crippen molar-refractivity contribution in [1.82, 2.24) is 4.98 Å². The van der Waals surface area contributed by atoms with Gasteiger partial charge >= 0.3 is 5.97 Å². The molecule has 0 atom stereocenters. The zero-order valence-corrected chi connectivity index (χ0v) is 11.5. The lowest BCUT2D eigenvalue weighted by Gasteiger charge is -2.08. The Kier molecular flexibility index (Phi) is 2.82. The van der Waals surface area contributed by atoms with Crippen LogP contribution < -0.4 is 0 Å². The molecule has 4 heteroatoms. The number of halogens is 1. The van der Waals surface area contributed by atoms with Crippen molar-refractivity contribution in [2.75, 3.05) is 7.11 Å². The molecule has 1 saturated carbocycles. The molecule has 0 unspecified atom stereocenters. The summed E-state index contributed by atoms with van der Waals surface area (Å²) in [6.45, 7) is 0. The van der Waals surface area contributed by atoms with Crippen LogP contribution in [-0.2, 0) is 4.74 Å². The van der Waals surface area contributed by atoms with Crippen molar-refractivity contribution in [3.8, 4) is 0 Å². The van der Waals surface area contributed by atoms with E-state index < -0.39 is 0 Å². The number of hydrogen-bond donors (Lipinski definition) is 0. The summed E-state index contributed by atoms with van der Waals surface area (Å²) in [6.07, 6.45) is 2.32. The number of methoxy groups -OCH3 is 1. The molecule has 92 valence electrons. The second kappa shape index (κ2) is 4.35. The van der Waals surface area contributed by atoms with E-state index in [4.69, 9.17) is 4.74 Å². The van der Waals surface area contributed by atoms with Crippen molar-refractivity contribution in [3.05, 3.63) is 40.0 Å². The summed E-state index contributed by atoms with van der Waals surface area (Å²) in [6, 6.07) is 7.65. The fraction of sp³-hybridized carbons (Fsp3) is 0.286. The molecule has 0 spiro atoms. The molecule has 0 radical (unpaired) electrons. The maximum atomic E-state index is 11.9. The van der Waals surface area contributed by atoms with Gasteiger partial charge in [-0.25, -0.2) is 4.79 Å². The van der Waals surface area contributed by atoms with Crippen molar-refractivity contribution in [2.24, 2.45) is 0 Å². The molecule has 0 bridgehead atoms. The summed E-state index contributed by atoms with van der Waals surface area (Å²) in [4.78, 5) is 16.5. The quantitative estimate of drug-likeness (QED) is 0.795. The predicted octanol–water partition coefficient (Wildman–Crippen LogP) is 3.66. The van der Waals surface area contributed by atoms with E-state index in [2.05, 4.69) is 20.9 Å². The number of carbonyl (C=O) groups excluding carboxylic acids is 1. The van der Waals surface area contributed by atoms with Crippen LogP contribution in [-0.4, -0.2) is 18.1 Å². The molecule has 0 saturated heterocycles. The van der Waals surface area contributed by atoms with E-state index in [1.807, 2.05) is 24.3 Å². The highest BCUT2D eigenvalue weighted by atomic mass is 79.9. The fourth-order valence-electron chi connectivity index (χ4n) is 2.09. The second-order valence-corrected chi connectivity index (χ2v) is 5.44. The van der Waals surface area contributed by atoms with Gasteiger partial charge in [0.2, 0.25) is 0 Å². The minimum atomic E-state index is -0.303. The lowest BCUT2D eigenvalue weighted by Crippen LogP contribution is -2.04. The van der Waals surface area contributed by atoms with E-state index in [9.17, 15) is 4.79 Å². The van der Waals surface area contributed by atoms with Crippen molar-refractivity contribution < 1.29 is 9.53 Å². The van der Waals surface area contributed by atoms with E-state index >= 15 is 0 Å². The van der Waals surface area contributed by atoms with Gasteiger partial charge in [-0.1, -0.05) is 15.9 Å². The first kappa shape index (κ1) is 11.7. The normalized spacial score (nSPS) is 14.8. The van der Waals surface area contributed by atoms with Gasteiger partial charge in [0, 0.05) is 21.5 Å². The Bertz CT molecular complexity index is 635. The third-order valence-corrected chi connectivity index (χ3v) is 3.68. The molecule has 1 aliphatic carbocycles. The van der Waals surface area contributed by atoms with Gasteiger partial charge in [0.05, 0.1) is 18.2 Å².